The van der Waals surface area contributed by atoms with E-state index in [1.807, 2.05) is 61.5 Å². The third-order valence-electron chi connectivity index (χ3n) is 4.30. The summed E-state index contributed by atoms with van der Waals surface area (Å²) < 4.78 is 11.1. The van der Waals surface area contributed by atoms with Crippen molar-refractivity contribution >= 4 is 23.7 Å². The minimum atomic E-state index is -0.507. The maximum absolute atomic E-state index is 12.0. The van der Waals surface area contributed by atoms with E-state index in [1.54, 1.807) is 24.3 Å². The lowest BCUT2D eigenvalue weighted by molar-refractivity contribution is -0.126. The van der Waals surface area contributed by atoms with E-state index >= 15 is 0 Å². The molecule has 0 saturated carbocycles. The smallest absolute Gasteiger partial charge is 0.249 e. The summed E-state index contributed by atoms with van der Waals surface area (Å²) in [5, 5.41) is 6.55. The van der Waals surface area contributed by atoms with E-state index in [9.17, 15) is 9.59 Å². The quantitative estimate of drug-likeness (QED) is 0.287. The van der Waals surface area contributed by atoms with Crippen LogP contribution in [0.4, 0.5) is 5.69 Å². The molecule has 2 N–H and O–H groups in total. The van der Waals surface area contributed by atoms with Gasteiger partial charge in [0.05, 0.1) is 12.8 Å². The lowest BCUT2D eigenvalue weighted by Gasteiger charge is -2.07. The maximum atomic E-state index is 12.0. The minimum Gasteiger partial charge on any atom is -0.494 e. The van der Waals surface area contributed by atoms with Crippen LogP contribution in [0.15, 0.2) is 84.0 Å². The number of ether oxygens (including phenoxy) is 2. The minimum absolute atomic E-state index is 0.336. The number of amides is 2. The molecule has 0 unspecified atom stereocenters. The number of nitrogens with one attached hydrogen (secondary N) is 2. The molecule has 0 aliphatic rings. The second-order valence-corrected chi connectivity index (χ2v) is 6.82. The van der Waals surface area contributed by atoms with Gasteiger partial charge in [0, 0.05) is 5.69 Å². The molecule has 0 bridgehead atoms. The third-order valence-corrected chi connectivity index (χ3v) is 4.30. The van der Waals surface area contributed by atoms with Crippen LogP contribution in [0.25, 0.3) is 0 Å². The number of anilines is 1. The summed E-state index contributed by atoms with van der Waals surface area (Å²) in [5.74, 6) is 0.517. The first-order valence-electron chi connectivity index (χ1n) is 10.2. The summed E-state index contributed by atoms with van der Waals surface area (Å²) in [6.07, 6.45) is 1.17. The van der Waals surface area contributed by atoms with Crippen molar-refractivity contribution in [2.24, 2.45) is 5.10 Å². The first kappa shape index (κ1) is 22.6. The molecule has 0 aliphatic carbocycles. The van der Waals surface area contributed by atoms with E-state index in [0.29, 0.717) is 24.7 Å². The number of nitrogens with zero attached hydrogens (tertiary/aromatic N) is 1. The van der Waals surface area contributed by atoms with Gasteiger partial charge in [-0.2, -0.15) is 5.10 Å². The monoisotopic (exact) mass is 431 g/mol. The topological polar surface area (TPSA) is 89.0 Å². The molecular formula is C25H25N3O4. The molecule has 0 fully saturated rings. The molecule has 0 aliphatic heterocycles. The summed E-state index contributed by atoms with van der Waals surface area (Å²) in [6, 6.07) is 24.2. The van der Waals surface area contributed by atoms with Gasteiger partial charge in [-0.25, -0.2) is 5.43 Å². The molecule has 0 saturated heterocycles. The number of hydrogen-bond donors (Lipinski definition) is 2. The van der Waals surface area contributed by atoms with Gasteiger partial charge >= 0.3 is 0 Å². The summed E-state index contributed by atoms with van der Waals surface area (Å²) in [5.41, 5.74) is 4.82. The average molecular weight is 431 g/mol. The molecule has 164 valence electrons. The van der Waals surface area contributed by atoms with E-state index in [2.05, 4.69) is 15.8 Å². The number of carbonyl (C=O) groups is 2. The highest BCUT2D eigenvalue weighted by molar-refractivity contribution is 6.03. The highest BCUT2D eigenvalue weighted by atomic mass is 16.5. The van der Waals surface area contributed by atoms with Crippen LogP contribution in [0.3, 0.4) is 0 Å². The van der Waals surface area contributed by atoms with Gasteiger partial charge in [0.25, 0.3) is 0 Å². The van der Waals surface area contributed by atoms with E-state index in [-0.39, 0.29) is 6.42 Å². The van der Waals surface area contributed by atoms with Gasteiger partial charge in [-0.1, -0.05) is 30.3 Å². The molecule has 3 rings (SSSR count). The van der Waals surface area contributed by atoms with Crippen molar-refractivity contribution in [2.75, 3.05) is 11.9 Å². The Labute approximate surface area is 187 Å². The predicted molar refractivity (Wildman–Crippen MR) is 124 cm³/mol. The normalized spacial score (nSPS) is 10.5. The molecular weight excluding hydrogens is 406 g/mol. The first-order chi connectivity index (χ1) is 15.6. The van der Waals surface area contributed by atoms with Crippen molar-refractivity contribution in [3.63, 3.8) is 0 Å². The fraction of sp³-hybridized carbons (Fsp3) is 0.160. The van der Waals surface area contributed by atoms with Crippen molar-refractivity contribution in [3.8, 4) is 11.5 Å². The number of hydrazone groups is 1. The van der Waals surface area contributed by atoms with Gasteiger partial charge in [0.15, 0.2) is 0 Å². The van der Waals surface area contributed by atoms with Gasteiger partial charge in [-0.05, 0) is 66.6 Å². The van der Waals surface area contributed by atoms with Crippen LogP contribution in [0.2, 0.25) is 0 Å². The number of rotatable bonds is 10. The summed E-state index contributed by atoms with van der Waals surface area (Å²) in [6.45, 7) is 2.95. The lowest BCUT2D eigenvalue weighted by Crippen LogP contribution is -2.24. The number of carbonyl (C=O) groups excluding carboxylic acids is 2. The van der Waals surface area contributed by atoms with Crippen molar-refractivity contribution in [1.82, 2.24) is 5.43 Å². The van der Waals surface area contributed by atoms with Crippen LogP contribution in [0.5, 0.6) is 11.5 Å². The molecule has 0 radical (unpaired) electrons. The van der Waals surface area contributed by atoms with Gasteiger partial charge < -0.3 is 14.8 Å². The Hall–Kier alpha value is -4.13. The summed E-state index contributed by atoms with van der Waals surface area (Å²) in [7, 11) is 0. The maximum Gasteiger partial charge on any atom is 0.249 e. The van der Waals surface area contributed by atoms with Crippen molar-refractivity contribution in [1.29, 1.82) is 0 Å². The second kappa shape index (κ2) is 11.9. The van der Waals surface area contributed by atoms with Crippen molar-refractivity contribution < 1.29 is 19.1 Å². The molecule has 32 heavy (non-hydrogen) atoms. The molecule has 0 heterocycles. The summed E-state index contributed by atoms with van der Waals surface area (Å²) in [4.78, 5) is 23.9. The number of hydrogen-bond acceptors (Lipinski definition) is 5. The molecule has 7 heteroatoms. The van der Waals surface area contributed by atoms with Crippen molar-refractivity contribution in [2.45, 2.75) is 20.0 Å². The Morgan fingerprint density at radius 2 is 1.50 bits per heavy atom. The lowest BCUT2D eigenvalue weighted by atomic mass is 10.2. The Kier molecular flexibility index (Phi) is 8.39. The highest BCUT2D eigenvalue weighted by Crippen LogP contribution is 2.16. The zero-order chi connectivity index (χ0) is 22.6. The highest BCUT2D eigenvalue weighted by Gasteiger charge is 2.09. The largest absolute Gasteiger partial charge is 0.494 e. The zero-order valence-electron chi connectivity index (χ0n) is 17.8. The molecule has 0 aromatic heterocycles. The predicted octanol–water partition coefficient (Wildman–Crippen LogP) is 4.14. The van der Waals surface area contributed by atoms with Crippen molar-refractivity contribution in [3.05, 3.63) is 90.0 Å². The fourth-order valence-corrected chi connectivity index (χ4v) is 2.76. The van der Waals surface area contributed by atoms with Crippen LogP contribution in [-0.4, -0.2) is 24.6 Å². The molecule has 3 aromatic carbocycles. The standard InChI is InChI=1S/C25H25N3O4/c1-2-31-22-14-10-21(11-15-22)27-24(29)16-25(30)28-26-17-19-8-12-23(13-9-19)32-18-20-6-4-3-5-7-20/h3-15,17H,2,16,18H2,1H3,(H,27,29)(H,28,30). The van der Waals surface area contributed by atoms with E-state index in [4.69, 9.17) is 9.47 Å². The third kappa shape index (κ3) is 7.60. The van der Waals surface area contributed by atoms with E-state index < -0.39 is 11.8 Å². The molecule has 3 aromatic rings. The average Bonchev–Trinajstić information content (AvgIpc) is 2.80. The number of benzene rings is 3. The second-order valence-electron chi connectivity index (χ2n) is 6.82. The molecule has 0 atom stereocenters. The van der Waals surface area contributed by atoms with Crippen LogP contribution < -0.4 is 20.2 Å². The molecule has 2 amide bonds. The molecule has 0 spiro atoms. The Balaban J connectivity index is 1.39. The van der Waals surface area contributed by atoms with Gasteiger partial charge in [0.2, 0.25) is 11.8 Å². The van der Waals surface area contributed by atoms with Crippen LogP contribution in [0, 0.1) is 0 Å². The van der Waals surface area contributed by atoms with Gasteiger partial charge in [0.1, 0.15) is 24.5 Å². The van der Waals surface area contributed by atoms with E-state index in [1.165, 1.54) is 6.21 Å². The van der Waals surface area contributed by atoms with E-state index in [0.717, 1.165) is 16.9 Å². The van der Waals surface area contributed by atoms with Crippen LogP contribution in [-0.2, 0) is 16.2 Å². The summed E-state index contributed by atoms with van der Waals surface area (Å²) >= 11 is 0. The fourth-order valence-electron chi connectivity index (χ4n) is 2.76. The van der Waals surface area contributed by atoms with Gasteiger partial charge in [-0.15, -0.1) is 0 Å². The van der Waals surface area contributed by atoms with Gasteiger partial charge in [-0.3, -0.25) is 9.59 Å². The Morgan fingerprint density at radius 3 is 2.19 bits per heavy atom. The first-order valence-corrected chi connectivity index (χ1v) is 10.2. The SMILES string of the molecule is CCOc1ccc(NC(=O)CC(=O)NN=Cc2ccc(OCc3ccccc3)cc2)cc1. The van der Waals surface area contributed by atoms with Crippen LogP contribution >= 0.6 is 0 Å². The Morgan fingerprint density at radius 1 is 0.844 bits per heavy atom. The Bertz CT molecular complexity index is 1030. The van der Waals surface area contributed by atoms with Crippen LogP contribution in [0.1, 0.15) is 24.5 Å². The molecule has 7 nitrogen and oxygen atoms in total. The zero-order valence-corrected chi connectivity index (χ0v) is 17.8.